The van der Waals surface area contributed by atoms with Gasteiger partial charge in [-0.25, -0.2) is 5.43 Å². The van der Waals surface area contributed by atoms with E-state index in [2.05, 4.69) is 10.5 Å². The Labute approximate surface area is 172 Å². The van der Waals surface area contributed by atoms with Crippen LogP contribution in [0.4, 0.5) is 0 Å². The van der Waals surface area contributed by atoms with E-state index in [0.29, 0.717) is 28.6 Å². The quantitative estimate of drug-likeness (QED) is 0.483. The number of benzene rings is 2. The van der Waals surface area contributed by atoms with Crippen LogP contribution < -0.4 is 34.8 Å². The number of hydrogen-bond donors (Lipinski definition) is 2. The topological polar surface area (TPSA) is 131 Å². The molecule has 10 heteroatoms. The van der Waals surface area contributed by atoms with E-state index >= 15 is 0 Å². The minimum absolute atomic E-state index is 0.0753. The lowest BCUT2D eigenvalue weighted by atomic mass is 10.2. The first-order valence-electron chi connectivity index (χ1n) is 8.90. The van der Waals surface area contributed by atoms with Gasteiger partial charge in [0, 0.05) is 5.56 Å². The van der Waals surface area contributed by atoms with Crippen LogP contribution in [0, 0.1) is 0 Å². The van der Waals surface area contributed by atoms with Crippen molar-refractivity contribution in [1.82, 2.24) is 5.43 Å². The second-order valence-corrected chi connectivity index (χ2v) is 6.11. The van der Waals surface area contributed by atoms with Crippen molar-refractivity contribution in [2.75, 3.05) is 27.4 Å². The number of hydrogen-bond acceptors (Lipinski definition) is 8. The lowest BCUT2D eigenvalue weighted by Gasteiger charge is -2.24. The van der Waals surface area contributed by atoms with Crippen LogP contribution in [-0.4, -0.2) is 51.6 Å². The van der Waals surface area contributed by atoms with Crippen LogP contribution in [0.2, 0.25) is 0 Å². The van der Waals surface area contributed by atoms with Gasteiger partial charge >= 0.3 is 0 Å². The standard InChI is InChI=1S/C20H21N3O7/c1-26-15-7-12(8-16(27-2)19(15)29-11-18(21)24)9-22-23-20(25)17-10-28-13-5-3-4-6-14(13)30-17/h3-9,17H,10-11H2,1-2H3,(H2,21,24)(H,23,25)/b22-9-/t17-/m0/s1. The predicted molar refractivity (Wildman–Crippen MR) is 106 cm³/mol. The van der Waals surface area contributed by atoms with E-state index < -0.39 is 17.9 Å². The zero-order valence-corrected chi connectivity index (χ0v) is 16.4. The van der Waals surface area contributed by atoms with Crippen LogP contribution in [0.15, 0.2) is 41.5 Å². The molecule has 2 aromatic rings. The van der Waals surface area contributed by atoms with Crippen LogP contribution in [0.5, 0.6) is 28.7 Å². The van der Waals surface area contributed by atoms with Crippen molar-refractivity contribution < 1.29 is 33.3 Å². The molecule has 3 N–H and O–H groups in total. The van der Waals surface area contributed by atoms with Gasteiger partial charge in [-0.2, -0.15) is 5.10 Å². The number of hydrazone groups is 1. The molecule has 2 aromatic carbocycles. The Morgan fingerprint density at radius 2 is 1.87 bits per heavy atom. The van der Waals surface area contributed by atoms with E-state index in [1.54, 1.807) is 30.3 Å². The molecule has 2 amide bonds. The molecule has 0 aromatic heterocycles. The number of nitrogens with one attached hydrogen (secondary N) is 1. The minimum Gasteiger partial charge on any atom is -0.493 e. The van der Waals surface area contributed by atoms with Gasteiger partial charge in [0.1, 0.15) is 6.61 Å². The molecule has 0 radical (unpaired) electrons. The summed E-state index contributed by atoms with van der Waals surface area (Å²) in [7, 11) is 2.87. The number of fused-ring (bicyclic) bond motifs is 1. The number of primary amides is 1. The highest BCUT2D eigenvalue weighted by Gasteiger charge is 2.27. The molecule has 0 saturated heterocycles. The fraction of sp³-hybridized carbons (Fsp3) is 0.250. The van der Waals surface area contributed by atoms with Crippen molar-refractivity contribution in [2.45, 2.75) is 6.10 Å². The lowest BCUT2D eigenvalue weighted by molar-refractivity contribution is -0.130. The molecular weight excluding hydrogens is 394 g/mol. The molecule has 3 rings (SSSR count). The molecule has 1 aliphatic rings. The van der Waals surface area contributed by atoms with Gasteiger partial charge in [-0.05, 0) is 24.3 Å². The van der Waals surface area contributed by atoms with Crippen LogP contribution in [0.3, 0.4) is 0 Å². The average molecular weight is 415 g/mol. The third-order valence-corrected chi connectivity index (χ3v) is 4.03. The lowest BCUT2D eigenvalue weighted by Crippen LogP contribution is -2.42. The van der Waals surface area contributed by atoms with Crippen LogP contribution in [0.25, 0.3) is 0 Å². The second kappa shape index (κ2) is 9.50. The Balaban J connectivity index is 1.67. The van der Waals surface area contributed by atoms with Crippen molar-refractivity contribution in [3.05, 3.63) is 42.0 Å². The molecule has 1 heterocycles. The number of nitrogens with two attached hydrogens (primary N) is 1. The number of carbonyl (C=O) groups is 2. The number of nitrogens with zero attached hydrogens (tertiary/aromatic N) is 1. The third-order valence-electron chi connectivity index (χ3n) is 4.03. The summed E-state index contributed by atoms with van der Waals surface area (Å²) in [6, 6.07) is 10.3. The summed E-state index contributed by atoms with van der Waals surface area (Å²) in [5.41, 5.74) is 8.08. The number of carbonyl (C=O) groups excluding carboxylic acids is 2. The summed E-state index contributed by atoms with van der Waals surface area (Å²) in [6.45, 7) is -0.255. The fourth-order valence-corrected chi connectivity index (χ4v) is 2.65. The van der Waals surface area contributed by atoms with Gasteiger partial charge in [-0.1, -0.05) is 12.1 Å². The van der Waals surface area contributed by atoms with Gasteiger partial charge in [0.25, 0.3) is 11.8 Å². The summed E-state index contributed by atoms with van der Waals surface area (Å²) in [5, 5.41) is 3.94. The molecule has 1 atom stereocenters. The largest absolute Gasteiger partial charge is 0.493 e. The Morgan fingerprint density at radius 3 is 2.50 bits per heavy atom. The molecule has 0 aliphatic carbocycles. The first kappa shape index (κ1) is 20.8. The maximum atomic E-state index is 12.3. The van der Waals surface area contributed by atoms with Crippen molar-refractivity contribution >= 4 is 18.0 Å². The molecule has 0 unspecified atom stereocenters. The van der Waals surface area contributed by atoms with E-state index in [0.717, 1.165) is 0 Å². The van der Waals surface area contributed by atoms with Crippen molar-refractivity contribution in [3.8, 4) is 28.7 Å². The van der Waals surface area contributed by atoms with Gasteiger partial charge in [0.05, 0.1) is 20.4 Å². The highest BCUT2D eigenvalue weighted by Crippen LogP contribution is 2.38. The Hall–Kier alpha value is -3.95. The highest BCUT2D eigenvalue weighted by atomic mass is 16.6. The number of para-hydroxylation sites is 2. The zero-order chi connectivity index (χ0) is 21.5. The van der Waals surface area contributed by atoms with Crippen molar-refractivity contribution in [2.24, 2.45) is 10.8 Å². The molecule has 158 valence electrons. The first-order chi connectivity index (χ1) is 14.5. The summed E-state index contributed by atoms with van der Waals surface area (Å²) in [5.74, 6) is 0.835. The van der Waals surface area contributed by atoms with Crippen LogP contribution in [0.1, 0.15) is 5.56 Å². The first-order valence-corrected chi connectivity index (χ1v) is 8.90. The number of methoxy groups -OCH3 is 2. The molecule has 0 saturated carbocycles. The van der Waals surface area contributed by atoms with Gasteiger partial charge < -0.3 is 29.4 Å². The minimum atomic E-state index is -0.828. The predicted octanol–water partition coefficient (Wildman–Crippen LogP) is 0.858. The van der Waals surface area contributed by atoms with Crippen LogP contribution >= 0.6 is 0 Å². The van der Waals surface area contributed by atoms with Gasteiger partial charge in [0.2, 0.25) is 11.9 Å². The Morgan fingerprint density at radius 1 is 1.20 bits per heavy atom. The maximum Gasteiger partial charge on any atom is 0.284 e. The maximum absolute atomic E-state index is 12.3. The third kappa shape index (κ3) is 4.90. The van der Waals surface area contributed by atoms with Crippen LogP contribution in [-0.2, 0) is 9.59 Å². The summed E-state index contributed by atoms with van der Waals surface area (Å²) in [6.07, 6.45) is 0.573. The van der Waals surface area contributed by atoms with E-state index in [1.807, 2.05) is 6.07 Å². The average Bonchev–Trinajstić information content (AvgIpc) is 2.76. The van der Waals surface area contributed by atoms with Crippen molar-refractivity contribution in [1.29, 1.82) is 0 Å². The van der Waals surface area contributed by atoms with E-state index in [1.165, 1.54) is 20.4 Å². The molecule has 30 heavy (non-hydrogen) atoms. The summed E-state index contributed by atoms with van der Waals surface area (Å²) >= 11 is 0. The smallest absolute Gasteiger partial charge is 0.284 e. The van der Waals surface area contributed by atoms with Crippen molar-refractivity contribution in [3.63, 3.8) is 0 Å². The molecule has 0 fully saturated rings. The molecule has 0 spiro atoms. The zero-order valence-electron chi connectivity index (χ0n) is 16.4. The molecule has 10 nitrogen and oxygen atoms in total. The number of amides is 2. The highest BCUT2D eigenvalue weighted by molar-refractivity contribution is 5.86. The SMILES string of the molecule is COc1cc(/C=N\NC(=O)[C@@H]2COc3ccccc3O2)cc(OC)c1OCC(N)=O. The monoisotopic (exact) mass is 415 g/mol. The normalized spacial score (nSPS) is 14.8. The number of rotatable bonds is 8. The molecule has 0 bridgehead atoms. The molecular formula is C20H21N3O7. The van der Waals surface area contributed by atoms with Gasteiger partial charge in [-0.3, -0.25) is 9.59 Å². The van der Waals surface area contributed by atoms with Gasteiger partial charge in [0.15, 0.2) is 29.6 Å². The van der Waals surface area contributed by atoms with Gasteiger partial charge in [-0.15, -0.1) is 0 Å². The second-order valence-electron chi connectivity index (χ2n) is 6.11. The van der Waals surface area contributed by atoms with E-state index in [9.17, 15) is 9.59 Å². The Kier molecular flexibility index (Phi) is 6.58. The summed E-state index contributed by atoms with van der Waals surface area (Å²) < 4.78 is 27.0. The van der Waals surface area contributed by atoms with E-state index in [4.69, 9.17) is 29.4 Å². The fourth-order valence-electron chi connectivity index (χ4n) is 2.65. The molecule has 1 aliphatic heterocycles. The summed E-state index contributed by atoms with van der Waals surface area (Å²) in [4.78, 5) is 23.3. The Bertz CT molecular complexity index is 936. The number of ether oxygens (including phenoxy) is 5. The van der Waals surface area contributed by atoms with E-state index in [-0.39, 0.29) is 19.0 Å².